The maximum atomic E-state index is 11.6. The van der Waals surface area contributed by atoms with Crippen LogP contribution in [0.25, 0.3) is 0 Å². The topological polar surface area (TPSA) is 86.7 Å². The monoisotopic (exact) mass is 242 g/mol. The Morgan fingerprint density at radius 2 is 2.38 bits per heavy atom. The zero-order valence-electron chi connectivity index (χ0n) is 8.47. The van der Waals surface area contributed by atoms with Crippen LogP contribution in [-0.2, 0) is 14.4 Å². The van der Waals surface area contributed by atoms with E-state index in [4.69, 9.17) is 5.11 Å². The molecule has 7 heteroatoms. The molecule has 0 radical (unpaired) electrons. The van der Waals surface area contributed by atoms with Crippen LogP contribution in [0.3, 0.4) is 0 Å². The van der Waals surface area contributed by atoms with Gasteiger partial charge in [-0.05, 0) is 12.5 Å². The van der Waals surface area contributed by atoms with Crippen LogP contribution in [0.2, 0.25) is 0 Å². The molecule has 2 rings (SSSR count). The number of hydrogen-bond donors (Lipinski definition) is 2. The van der Waals surface area contributed by atoms with Crippen LogP contribution in [0.4, 0.5) is 0 Å². The van der Waals surface area contributed by atoms with Crippen molar-refractivity contribution in [1.82, 2.24) is 10.2 Å². The second-order valence-electron chi connectivity index (χ2n) is 3.61. The van der Waals surface area contributed by atoms with E-state index in [0.29, 0.717) is 17.7 Å². The van der Waals surface area contributed by atoms with Crippen molar-refractivity contribution in [3.05, 3.63) is 11.3 Å². The van der Waals surface area contributed by atoms with E-state index in [0.717, 1.165) is 0 Å². The molecule has 2 aliphatic heterocycles. The number of fused-ring (bicyclic) bond motifs is 1. The molecular formula is C9H10N2O4S. The highest BCUT2D eigenvalue weighted by atomic mass is 32.2. The summed E-state index contributed by atoms with van der Waals surface area (Å²) in [5.41, 5.74) is 0.726. The number of carbonyl (C=O) groups is 3. The fourth-order valence-corrected chi connectivity index (χ4v) is 3.17. The van der Waals surface area contributed by atoms with E-state index in [9.17, 15) is 14.4 Å². The van der Waals surface area contributed by atoms with Crippen molar-refractivity contribution in [2.75, 3.05) is 5.75 Å². The third-order valence-corrected chi connectivity index (χ3v) is 4.03. The predicted molar refractivity (Wildman–Crippen MR) is 56.4 cm³/mol. The van der Waals surface area contributed by atoms with Gasteiger partial charge in [0.15, 0.2) is 0 Å². The van der Waals surface area contributed by atoms with Gasteiger partial charge < -0.3 is 10.4 Å². The Balaban J connectivity index is 2.27. The fraction of sp³-hybridized carbons (Fsp3) is 0.444. The highest BCUT2D eigenvalue weighted by molar-refractivity contribution is 8.00. The van der Waals surface area contributed by atoms with Crippen molar-refractivity contribution in [2.24, 2.45) is 0 Å². The van der Waals surface area contributed by atoms with Crippen LogP contribution in [0.15, 0.2) is 11.3 Å². The average Bonchev–Trinajstić information content (AvgIpc) is 2.25. The molecule has 1 saturated heterocycles. The summed E-state index contributed by atoms with van der Waals surface area (Å²) in [6.45, 7) is 1.69. The van der Waals surface area contributed by atoms with E-state index in [-0.39, 0.29) is 17.0 Å². The summed E-state index contributed by atoms with van der Waals surface area (Å²) in [5, 5.41) is 11.1. The molecule has 0 aromatic carbocycles. The summed E-state index contributed by atoms with van der Waals surface area (Å²) in [7, 11) is 0. The van der Waals surface area contributed by atoms with Gasteiger partial charge in [-0.2, -0.15) is 0 Å². The van der Waals surface area contributed by atoms with Gasteiger partial charge in [-0.3, -0.25) is 14.5 Å². The Kier molecular flexibility index (Phi) is 2.63. The van der Waals surface area contributed by atoms with Gasteiger partial charge in [0, 0.05) is 5.75 Å². The number of β-lactam (4-membered cyclic amide) rings is 1. The van der Waals surface area contributed by atoms with Crippen molar-refractivity contribution in [3.63, 3.8) is 0 Å². The minimum atomic E-state index is -1.10. The summed E-state index contributed by atoms with van der Waals surface area (Å²) < 4.78 is 0. The summed E-state index contributed by atoms with van der Waals surface area (Å²) in [4.78, 5) is 34.2. The van der Waals surface area contributed by atoms with E-state index >= 15 is 0 Å². The van der Waals surface area contributed by atoms with Crippen molar-refractivity contribution < 1.29 is 19.5 Å². The Bertz CT molecular complexity index is 406. The molecule has 2 N–H and O–H groups in total. The van der Waals surface area contributed by atoms with E-state index in [1.165, 1.54) is 16.7 Å². The molecule has 2 aliphatic rings. The fourth-order valence-electron chi connectivity index (χ4n) is 1.87. The second kappa shape index (κ2) is 3.82. The molecule has 0 aromatic heterocycles. The number of aliphatic carboxylic acids is 1. The average molecular weight is 242 g/mol. The number of amides is 2. The standard InChI is InChI=1S/C9H10N2O4S/c1-4-2-16-8-5(10-3-12)7(13)11(8)6(4)9(14)15/h3,5,8H,2H2,1H3,(H,10,12)(H,14,15)/t5?,8-/m1/s1. The van der Waals surface area contributed by atoms with Crippen LogP contribution in [0, 0.1) is 0 Å². The zero-order chi connectivity index (χ0) is 11.9. The Morgan fingerprint density at radius 1 is 1.69 bits per heavy atom. The van der Waals surface area contributed by atoms with Gasteiger partial charge in [0.2, 0.25) is 6.41 Å². The van der Waals surface area contributed by atoms with Gasteiger partial charge in [-0.25, -0.2) is 4.79 Å². The molecule has 16 heavy (non-hydrogen) atoms. The lowest BCUT2D eigenvalue weighted by Gasteiger charge is -2.48. The summed E-state index contributed by atoms with van der Waals surface area (Å²) in [6.07, 6.45) is 0.464. The molecule has 6 nitrogen and oxygen atoms in total. The maximum Gasteiger partial charge on any atom is 0.352 e. The number of carboxylic acids is 1. The molecule has 2 heterocycles. The molecule has 0 aromatic rings. The Morgan fingerprint density at radius 3 is 2.94 bits per heavy atom. The molecule has 2 amide bonds. The van der Waals surface area contributed by atoms with Crippen LogP contribution < -0.4 is 5.32 Å². The Labute approximate surface area is 95.7 Å². The van der Waals surface area contributed by atoms with Crippen molar-refractivity contribution >= 4 is 30.0 Å². The third kappa shape index (κ3) is 1.39. The van der Waals surface area contributed by atoms with Crippen LogP contribution in [-0.4, -0.2) is 45.5 Å². The first-order valence-electron chi connectivity index (χ1n) is 4.65. The normalized spacial score (nSPS) is 28.3. The first kappa shape index (κ1) is 11.0. The van der Waals surface area contributed by atoms with E-state index in [1.807, 2.05) is 0 Å². The SMILES string of the molecule is CC1=C(C(=O)O)N2C(=O)C(NC=O)[C@H]2SC1. The minimum absolute atomic E-state index is 0.0534. The number of carbonyl (C=O) groups excluding carboxylic acids is 2. The number of nitrogens with one attached hydrogen (secondary N) is 1. The number of hydrogen-bond acceptors (Lipinski definition) is 4. The summed E-state index contributed by atoms with van der Waals surface area (Å²) in [6, 6.07) is -0.593. The molecule has 0 saturated carbocycles. The lowest BCUT2D eigenvalue weighted by atomic mass is 10.0. The zero-order valence-corrected chi connectivity index (χ0v) is 9.28. The predicted octanol–water partition coefficient (Wildman–Crippen LogP) is -0.625. The smallest absolute Gasteiger partial charge is 0.352 e. The van der Waals surface area contributed by atoms with Gasteiger partial charge in [0.1, 0.15) is 17.1 Å². The van der Waals surface area contributed by atoms with Gasteiger partial charge in [-0.15, -0.1) is 11.8 Å². The van der Waals surface area contributed by atoms with Crippen molar-refractivity contribution in [2.45, 2.75) is 18.3 Å². The lowest BCUT2D eigenvalue weighted by Crippen LogP contribution is -2.69. The quantitative estimate of drug-likeness (QED) is 0.508. The first-order valence-corrected chi connectivity index (χ1v) is 5.70. The molecular weight excluding hydrogens is 232 g/mol. The van der Waals surface area contributed by atoms with Gasteiger partial charge in [-0.1, -0.05) is 0 Å². The van der Waals surface area contributed by atoms with Crippen molar-refractivity contribution in [3.8, 4) is 0 Å². The lowest BCUT2D eigenvalue weighted by molar-refractivity contribution is -0.149. The third-order valence-electron chi connectivity index (χ3n) is 2.61. The first-order chi connectivity index (χ1) is 7.57. The number of thioether (sulfide) groups is 1. The molecule has 86 valence electrons. The van der Waals surface area contributed by atoms with Crippen LogP contribution in [0.5, 0.6) is 0 Å². The summed E-state index contributed by atoms with van der Waals surface area (Å²) >= 11 is 1.46. The maximum absolute atomic E-state index is 11.6. The largest absolute Gasteiger partial charge is 0.477 e. The number of carboxylic acid groups (broad SMARTS) is 1. The van der Waals surface area contributed by atoms with Crippen LogP contribution in [0.1, 0.15) is 6.92 Å². The molecule has 1 fully saturated rings. The molecule has 0 bridgehead atoms. The molecule has 0 spiro atoms. The summed E-state index contributed by atoms with van der Waals surface area (Å²) in [5.74, 6) is -0.894. The number of nitrogens with zero attached hydrogens (tertiary/aromatic N) is 1. The molecule has 2 atom stereocenters. The molecule has 0 aliphatic carbocycles. The highest BCUT2D eigenvalue weighted by Gasteiger charge is 2.52. The van der Waals surface area contributed by atoms with Gasteiger partial charge >= 0.3 is 5.97 Å². The van der Waals surface area contributed by atoms with Gasteiger partial charge in [0.25, 0.3) is 5.91 Å². The minimum Gasteiger partial charge on any atom is -0.477 e. The van der Waals surface area contributed by atoms with Crippen LogP contribution >= 0.6 is 11.8 Å². The molecule has 1 unspecified atom stereocenters. The Hall–Kier alpha value is -1.50. The second-order valence-corrected chi connectivity index (χ2v) is 4.71. The van der Waals surface area contributed by atoms with Gasteiger partial charge in [0.05, 0.1) is 0 Å². The van der Waals surface area contributed by atoms with E-state index < -0.39 is 12.0 Å². The number of rotatable bonds is 3. The van der Waals surface area contributed by atoms with E-state index in [1.54, 1.807) is 6.92 Å². The highest BCUT2D eigenvalue weighted by Crippen LogP contribution is 2.39. The van der Waals surface area contributed by atoms with Crippen molar-refractivity contribution in [1.29, 1.82) is 0 Å². The van der Waals surface area contributed by atoms with E-state index in [2.05, 4.69) is 5.32 Å².